The minimum Gasteiger partial charge on any atom is -0.289 e. The van der Waals surface area contributed by atoms with Crippen molar-refractivity contribution in [2.45, 2.75) is 31.1 Å². The van der Waals surface area contributed by atoms with E-state index in [2.05, 4.69) is 0 Å². The maximum atomic E-state index is 13.4. The molecule has 1 aliphatic carbocycles. The Morgan fingerprint density at radius 2 is 1.67 bits per heavy atom. The highest BCUT2D eigenvalue weighted by molar-refractivity contribution is 7.90. The van der Waals surface area contributed by atoms with Crippen molar-refractivity contribution in [3.8, 4) is 0 Å². The molecule has 3 aromatic carbocycles. The van der Waals surface area contributed by atoms with Crippen LogP contribution >= 0.6 is 0 Å². The third-order valence-corrected chi connectivity index (χ3v) is 7.58. The number of hydrogen-bond acceptors (Lipinski definition) is 3. The Balaban J connectivity index is 1.75. The third-order valence-electron chi connectivity index (χ3n) is 5.87. The topological polar surface area (TPSA) is 56.1 Å². The van der Waals surface area contributed by atoms with Crippen molar-refractivity contribution in [1.29, 1.82) is 0 Å². The van der Waals surface area contributed by atoms with Gasteiger partial charge in [0.1, 0.15) is 0 Å². The molecule has 4 nitrogen and oxygen atoms in total. The van der Waals surface area contributed by atoms with E-state index >= 15 is 0 Å². The Kier molecular flexibility index (Phi) is 4.36. The molecule has 5 heteroatoms. The molecule has 1 heterocycles. The maximum Gasteiger partial charge on any atom is 0.268 e. The average molecular weight is 416 g/mol. The predicted molar refractivity (Wildman–Crippen MR) is 118 cm³/mol. The zero-order valence-electron chi connectivity index (χ0n) is 16.6. The Morgan fingerprint density at radius 3 is 2.40 bits per heavy atom. The van der Waals surface area contributed by atoms with Crippen molar-refractivity contribution in [3.05, 3.63) is 101 Å². The van der Waals surface area contributed by atoms with Gasteiger partial charge in [-0.2, -0.15) is 0 Å². The maximum absolute atomic E-state index is 13.4. The van der Waals surface area contributed by atoms with Gasteiger partial charge >= 0.3 is 0 Å². The summed E-state index contributed by atoms with van der Waals surface area (Å²) >= 11 is 0. The highest BCUT2D eigenvalue weighted by Crippen LogP contribution is 2.35. The van der Waals surface area contributed by atoms with Crippen molar-refractivity contribution in [2.75, 3.05) is 0 Å². The van der Waals surface area contributed by atoms with Crippen LogP contribution in [-0.4, -0.2) is 18.2 Å². The number of nitrogens with zero attached hydrogens (tertiary/aromatic N) is 1. The number of fused-ring (bicyclic) bond motifs is 2. The lowest BCUT2D eigenvalue weighted by Gasteiger charge is -2.13. The molecular weight excluding hydrogens is 394 g/mol. The molecular formula is C25H21NO3S. The molecule has 0 fully saturated rings. The van der Waals surface area contributed by atoms with Crippen molar-refractivity contribution in [3.63, 3.8) is 0 Å². The summed E-state index contributed by atoms with van der Waals surface area (Å²) in [7, 11) is -3.76. The molecule has 0 saturated carbocycles. The van der Waals surface area contributed by atoms with Gasteiger partial charge in [0.2, 0.25) is 0 Å². The fraction of sp³-hybridized carbons (Fsp3) is 0.160. The molecule has 1 aliphatic rings. The van der Waals surface area contributed by atoms with Gasteiger partial charge in [-0.25, -0.2) is 12.4 Å². The van der Waals surface area contributed by atoms with Gasteiger partial charge in [-0.1, -0.05) is 48.0 Å². The van der Waals surface area contributed by atoms with Gasteiger partial charge in [0.15, 0.2) is 5.78 Å². The normalized spacial score (nSPS) is 13.5. The Morgan fingerprint density at radius 1 is 0.933 bits per heavy atom. The number of ketones is 1. The van der Waals surface area contributed by atoms with Crippen molar-refractivity contribution in [2.24, 2.45) is 0 Å². The Labute approximate surface area is 175 Å². The molecule has 0 saturated heterocycles. The molecule has 0 atom stereocenters. The number of benzene rings is 3. The molecule has 0 radical (unpaired) electrons. The summed E-state index contributed by atoms with van der Waals surface area (Å²) in [6, 6.07) is 19.7. The quantitative estimate of drug-likeness (QED) is 0.445. The molecule has 0 N–H and O–H groups in total. The van der Waals surface area contributed by atoms with Gasteiger partial charge in [-0.15, -0.1) is 0 Å². The second kappa shape index (κ2) is 6.96. The minimum atomic E-state index is -3.76. The predicted octanol–water partition coefficient (Wildman–Crippen LogP) is 4.91. The van der Waals surface area contributed by atoms with Gasteiger partial charge in [-0.3, -0.25) is 4.79 Å². The molecule has 0 aliphatic heterocycles. The Hall–Kier alpha value is -3.18. The molecule has 0 bridgehead atoms. The summed E-state index contributed by atoms with van der Waals surface area (Å²) < 4.78 is 28.0. The number of carbonyl (C=O) groups excluding carboxylic acids is 1. The molecule has 30 heavy (non-hydrogen) atoms. The molecule has 0 spiro atoms. The largest absolute Gasteiger partial charge is 0.289 e. The van der Waals surface area contributed by atoms with Crippen LogP contribution in [0, 0.1) is 6.92 Å². The fourth-order valence-electron chi connectivity index (χ4n) is 4.35. The lowest BCUT2D eigenvalue weighted by molar-refractivity contribution is 0.103. The summed E-state index contributed by atoms with van der Waals surface area (Å²) in [6.07, 6.45) is 4.24. The van der Waals surface area contributed by atoms with Crippen LogP contribution in [0.15, 0.2) is 77.8 Å². The molecule has 1 aromatic heterocycles. The van der Waals surface area contributed by atoms with Crippen LogP contribution in [0.1, 0.15) is 39.0 Å². The van der Waals surface area contributed by atoms with Crippen LogP contribution in [-0.2, 0) is 22.9 Å². The first kappa shape index (κ1) is 18.8. The van der Waals surface area contributed by atoms with E-state index in [-0.39, 0.29) is 10.7 Å². The highest BCUT2D eigenvalue weighted by atomic mass is 32.2. The van der Waals surface area contributed by atoms with Crippen LogP contribution < -0.4 is 0 Å². The number of aryl methyl sites for hydroxylation is 2. The lowest BCUT2D eigenvalue weighted by Crippen LogP contribution is -2.13. The summed E-state index contributed by atoms with van der Waals surface area (Å²) in [5.74, 6) is -0.0511. The van der Waals surface area contributed by atoms with Crippen LogP contribution in [0.2, 0.25) is 0 Å². The standard InChI is InChI=1S/C25H21NO3S/c1-17-10-12-20(13-11-17)30(28,29)26-15-14-22-23(26)16-19-8-5-9-21(19)24(22)25(27)18-6-3-2-4-7-18/h2-4,6-7,10-16H,5,8-9H2,1H3. The van der Waals surface area contributed by atoms with E-state index in [1.54, 1.807) is 36.5 Å². The minimum absolute atomic E-state index is 0.0511. The van der Waals surface area contributed by atoms with Crippen molar-refractivity contribution >= 4 is 26.7 Å². The van der Waals surface area contributed by atoms with Crippen molar-refractivity contribution in [1.82, 2.24) is 3.97 Å². The van der Waals surface area contributed by atoms with Crippen LogP contribution in [0.25, 0.3) is 10.9 Å². The third kappa shape index (κ3) is 2.89. The van der Waals surface area contributed by atoms with E-state index in [9.17, 15) is 13.2 Å². The summed E-state index contributed by atoms with van der Waals surface area (Å²) in [6.45, 7) is 1.92. The number of rotatable bonds is 4. The number of hydrogen-bond donors (Lipinski definition) is 0. The van der Waals surface area contributed by atoms with E-state index in [1.165, 1.54) is 3.97 Å². The van der Waals surface area contributed by atoms with E-state index in [1.807, 2.05) is 43.3 Å². The summed E-state index contributed by atoms with van der Waals surface area (Å²) in [5, 5.41) is 0.695. The smallest absolute Gasteiger partial charge is 0.268 e. The van der Waals surface area contributed by atoms with Gasteiger partial charge < -0.3 is 0 Å². The van der Waals surface area contributed by atoms with E-state index in [4.69, 9.17) is 0 Å². The van der Waals surface area contributed by atoms with Crippen LogP contribution in [0.3, 0.4) is 0 Å². The van der Waals surface area contributed by atoms with Gasteiger partial charge in [-0.05, 0) is 61.6 Å². The second-order valence-corrected chi connectivity index (χ2v) is 9.62. The highest BCUT2D eigenvalue weighted by Gasteiger charge is 2.27. The van der Waals surface area contributed by atoms with E-state index in [0.29, 0.717) is 22.0 Å². The van der Waals surface area contributed by atoms with Gasteiger partial charge in [0, 0.05) is 22.7 Å². The van der Waals surface area contributed by atoms with Crippen LogP contribution in [0.5, 0.6) is 0 Å². The molecule has 0 unspecified atom stereocenters. The number of carbonyl (C=O) groups is 1. The average Bonchev–Trinajstić information content (AvgIpc) is 3.39. The second-order valence-electron chi connectivity index (χ2n) is 7.80. The summed E-state index contributed by atoms with van der Waals surface area (Å²) in [4.78, 5) is 13.7. The zero-order chi connectivity index (χ0) is 20.9. The molecule has 5 rings (SSSR count). The monoisotopic (exact) mass is 415 g/mol. The first-order chi connectivity index (χ1) is 14.5. The Bertz CT molecular complexity index is 1380. The zero-order valence-corrected chi connectivity index (χ0v) is 17.4. The number of aromatic nitrogens is 1. The van der Waals surface area contributed by atoms with Crippen molar-refractivity contribution < 1.29 is 13.2 Å². The van der Waals surface area contributed by atoms with E-state index in [0.717, 1.165) is 36.0 Å². The SMILES string of the molecule is Cc1ccc(S(=O)(=O)n2ccc3c(C(=O)c4ccccc4)c4c(cc32)CCC4)cc1. The van der Waals surface area contributed by atoms with E-state index < -0.39 is 10.0 Å². The first-order valence-electron chi connectivity index (χ1n) is 10.0. The fourth-order valence-corrected chi connectivity index (χ4v) is 5.68. The van der Waals surface area contributed by atoms with Gasteiger partial charge in [0.25, 0.3) is 10.0 Å². The summed E-state index contributed by atoms with van der Waals surface area (Å²) in [5.41, 5.74) is 4.95. The van der Waals surface area contributed by atoms with Gasteiger partial charge in [0.05, 0.1) is 10.4 Å². The first-order valence-corrected chi connectivity index (χ1v) is 11.5. The van der Waals surface area contributed by atoms with Crippen LogP contribution in [0.4, 0.5) is 0 Å². The molecule has 0 amide bonds. The lowest BCUT2D eigenvalue weighted by atomic mass is 9.93. The molecule has 150 valence electrons. The molecule has 4 aromatic rings.